The van der Waals surface area contributed by atoms with E-state index in [1.54, 1.807) is 0 Å². The van der Waals surface area contributed by atoms with Gasteiger partial charge in [-0.15, -0.1) is 0 Å². The van der Waals surface area contributed by atoms with E-state index in [2.05, 4.69) is 0 Å². The Bertz CT molecular complexity index is 413. The van der Waals surface area contributed by atoms with E-state index >= 15 is 0 Å². The van der Waals surface area contributed by atoms with Gasteiger partial charge in [-0.05, 0) is 6.07 Å². The van der Waals surface area contributed by atoms with Gasteiger partial charge in [-0.25, -0.2) is 13.6 Å². The first-order valence-corrected chi connectivity index (χ1v) is 3.97. The van der Waals surface area contributed by atoms with Crippen molar-refractivity contribution >= 4 is 5.97 Å². The molecular weight excluding hydrogens is 235 g/mol. The highest BCUT2D eigenvalue weighted by atomic mass is 19.4. The number of aromatic carboxylic acids is 1. The molecule has 0 radical (unpaired) electrons. The van der Waals surface area contributed by atoms with Gasteiger partial charge in [0.05, 0.1) is 5.56 Å². The summed E-state index contributed by atoms with van der Waals surface area (Å²) in [6, 6.07) is 2.16. The summed E-state index contributed by atoms with van der Waals surface area (Å²) in [6.45, 7) is 0. The van der Waals surface area contributed by atoms with E-state index in [-0.39, 0.29) is 0 Å². The van der Waals surface area contributed by atoms with Crippen molar-refractivity contribution in [3.05, 3.63) is 35.1 Å². The lowest BCUT2D eigenvalue weighted by atomic mass is 10.1. The molecule has 1 aromatic carbocycles. The van der Waals surface area contributed by atoms with E-state index in [1.165, 1.54) is 0 Å². The maximum Gasteiger partial charge on any atom is 0.424 e. The minimum atomic E-state index is -5.27. The Hall–Kier alpha value is -1.66. The minimum Gasteiger partial charge on any atom is -0.478 e. The van der Waals surface area contributed by atoms with Crippen molar-refractivity contribution < 1.29 is 31.9 Å². The van der Waals surface area contributed by atoms with E-state index in [0.29, 0.717) is 6.07 Å². The molecule has 0 fully saturated rings. The number of halogens is 5. The lowest BCUT2D eigenvalue weighted by Gasteiger charge is -2.13. The quantitative estimate of drug-likeness (QED) is 0.806. The van der Waals surface area contributed by atoms with Crippen LogP contribution in [0, 0.1) is 5.82 Å². The fourth-order valence-electron chi connectivity index (χ4n) is 1.09. The number of carbonyl (C=O) groups is 1. The number of rotatable bonds is 2. The molecule has 7 heteroatoms. The predicted molar refractivity (Wildman–Crippen MR) is 43.3 cm³/mol. The van der Waals surface area contributed by atoms with E-state index in [9.17, 15) is 26.7 Å². The van der Waals surface area contributed by atoms with Crippen molar-refractivity contribution in [2.24, 2.45) is 0 Å². The molecule has 1 unspecified atom stereocenters. The van der Waals surface area contributed by atoms with Crippen LogP contribution in [0.3, 0.4) is 0 Å². The summed E-state index contributed by atoms with van der Waals surface area (Å²) in [4.78, 5) is 10.4. The second-order valence-electron chi connectivity index (χ2n) is 2.92. The Morgan fingerprint density at radius 1 is 1.31 bits per heavy atom. The molecule has 1 rings (SSSR count). The third kappa shape index (κ3) is 2.29. The fourth-order valence-corrected chi connectivity index (χ4v) is 1.09. The Labute approximate surface area is 86.3 Å². The van der Waals surface area contributed by atoms with Gasteiger partial charge in [0.15, 0.2) is 0 Å². The van der Waals surface area contributed by atoms with Crippen molar-refractivity contribution in [1.29, 1.82) is 0 Å². The second kappa shape index (κ2) is 4.07. The zero-order valence-electron chi connectivity index (χ0n) is 7.55. The molecule has 0 aromatic heterocycles. The average molecular weight is 240 g/mol. The lowest BCUT2D eigenvalue weighted by Crippen LogP contribution is -2.18. The highest BCUT2D eigenvalue weighted by molar-refractivity contribution is 5.88. The van der Waals surface area contributed by atoms with E-state index < -0.39 is 35.3 Å². The summed E-state index contributed by atoms with van der Waals surface area (Å²) in [7, 11) is 0. The maximum atomic E-state index is 13.2. The molecule has 0 heterocycles. The summed E-state index contributed by atoms with van der Waals surface area (Å²) in [5.41, 5.74) is -2.32. The summed E-state index contributed by atoms with van der Waals surface area (Å²) < 4.78 is 61.8. The van der Waals surface area contributed by atoms with Crippen LogP contribution in [0.4, 0.5) is 22.0 Å². The van der Waals surface area contributed by atoms with Gasteiger partial charge in [0, 0.05) is 5.56 Å². The first kappa shape index (κ1) is 12.4. The van der Waals surface area contributed by atoms with Crippen LogP contribution in [0.2, 0.25) is 0 Å². The lowest BCUT2D eigenvalue weighted by molar-refractivity contribution is -0.183. The number of hydrogen-bond donors (Lipinski definition) is 1. The van der Waals surface area contributed by atoms with E-state index in [4.69, 9.17) is 5.11 Å². The maximum absolute atomic E-state index is 13.2. The summed E-state index contributed by atoms with van der Waals surface area (Å²) in [6.07, 6.45) is -8.80. The Morgan fingerprint density at radius 2 is 1.88 bits per heavy atom. The Kier molecular flexibility index (Phi) is 3.16. The van der Waals surface area contributed by atoms with Crippen LogP contribution >= 0.6 is 0 Å². The predicted octanol–water partition coefficient (Wildman–Crippen LogP) is 3.10. The van der Waals surface area contributed by atoms with Crippen LogP contribution in [0.25, 0.3) is 0 Å². The molecule has 2 nitrogen and oxygen atoms in total. The van der Waals surface area contributed by atoms with Gasteiger partial charge >= 0.3 is 12.1 Å². The normalized spacial score (nSPS) is 13.6. The standard InChI is InChI=1S/C9H5F5O2/c10-6-4(7(11)9(12,13)14)2-1-3-5(6)8(15)16/h1-3,7H,(H,15,16). The summed E-state index contributed by atoms with van der Waals surface area (Å²) >= 11 is 0. The summed E-state index contributed by atoms with van der Waals surface area (Å²) in [5.74, 6) is -3.46. The van der Waals surface area contributed by atoms with Crippen molar-refractivity contribution in [3.63, 3.8) is 0 Å². The number of alkyl halides is 4. The van der Waals surface area contributed by atoms with Crippen LogP contribution in [-0.4, -0.2) is 17.3 Å². The van der Waals surface area contributed by atoms with Gasteiger partial charge in [0.1, 0.15) is 5.82 Å². The minimum absolute atomic E-state index is 0.555. The highest BCUT2D eigenvalue weighted by Gasteiger charge is 2.43. The van der Waals surface area contributed by atoms with Crippen LogP contribution in [0.15, 0.2) is 18.2 Å². The molecule has 88 valence electrons. The van der Waals surface area contributed by atoms with Crippen LogP contribution in [-0.2, 0) is 0 Å². The molecule has 0 saturated carbocycles. The SMILES string of the molecule is O=C(O)c1cccc(C(F)C(F)(F)F)c1F. The average Bonchev–Trinajstić information content (AvgIpc) is 2.15. The van der Waals surface area contributed by atoms with Crippen molar-refractivity contribution in [3.8, 4) is 0 Å². The molecule has 0 bridgehead atoms. The molecule has 0 aliphatic heterocycles. The molecule has 0 aliphatic rings. The van der Waals surface area contributed by atoms with Gasteiger partial charge in [0.25, 0.3) is 0 Å². The molecule has 1 aromatic rings. The van der Waals surface area contributed by atoms with Gasteiger partial charge in [-0.2, -0.15) is 13.2 Å². The first-order valence-electron chi connectivity index (χ1n) is 3.97. The molecule has 1 N–H and O–H groups in total. The smallest absolute Gasteiger partial charge is 0.424 e. The molecule has 16 heavy (non-hydrogen) atoms. The summed E-state index contributed by atoms with van der Waals surface area (Å²) in [5, 5.41) is 8.43. The third-order valence-electron chi connectivity index (χ3n) is 1.82. The first-order chi connectivity index (χ1) is 7.25. The zero-order chi connectivity index (χ0) is 12.5. The van der Waals surface area contributed by atoms with Gasteiger partial charge < -0.3 is 5.11 Å². The fraction of sp³-hybridized carbons (Fsp3) is 0.222. The Morgan fingerprint density at radius 3 is 2.31 bits per heavy atom. The van der Waals surface area contributed by atoms with Crippen molar-refractivity contribution in [2.45, 2.75) is 12.3 Å². The van der Waals surface area contributed by atoms with Gasteiger partial charge in [-0.3, -0.25) is 0 Å². The second-order valence-corrected chi connectivity index (χ2v) is 2.92. The monoisotopic (exact) mass is 240 g/mol. The van der Waals surface area contributed by atoms with Crippen molar-refractivity contribution in [2.75, 3.05) is 0 Å². The van der Waals surface area contributed by atoms with Gasteiger partial charge in [-0.1, -0.05) is 12.1 Å². The largest absolute Gasteiger partial charge is 0.478 e. The topological polar surface area (TPSA) is 37.3 Å². The van der Waals surface area contributed by atoms with Crippen molar-refractivity contribution in [1.82, 2.24) is 0 Å². The molecule has 0 saturated heterocycles. The number of benzene rings is 1. The number of carboxylic acid groups (broad SMARTS) is 1. The number of carboxylic acids is 1. The van der Waals surface area contributed by atoms with E-state index in [0.717, 1.165) is 12.1 Å². The van der Waals surface area contributed by atoms with Gasteiger partial charge in [0.2, 0.25) is 6.17 Å². The molecule has 0 amide bonds. The number of hydrogen-bond acceptors (Lipinski definition) is 1. The van der Waals surface area contributed by atoms with E-state index in [1.807, 2.05) is 0 Å². The molecular formula is C9H5F5O2. The third-order valence-corrected chi connectivity index (χ3v) is 1.82. The Balaban J connectivity index is 3.26. The van der Waals surface area contributed by atoms with Crippen LogP contribution in [0.5, 0.6) is 0 Å². The van der Waals surface area contributed by atoms with Crippen LogP contribution < -0.4 is 0 Å². The van der Waals surface area contributed by atoms with Crippen LogP contribution in [0.1, 0.15) is 22.1 Å². The molecule has 1 atom stereocenters. The molecule has 0 spiro atoms. The highest BCUT2D eigenvalue weighted by Crippen LogP contribution is 2.37. The molecule has 0 aliphatic carbocycles. The zero-order valence-corrected chi connectivity index (χ0v) is 7.55.